The first kappa shape index (κ1) is 14.9. The zero-order chi connectivity index (χ0) is 15.9. The van der Waals surface area contributed by atoms with Crippen molar-refractivity contribution in [1.29, 1.82) is 0 Å². The fourth-order valence-electron chi connectivity index (χ4n) is 2.21. The number of nitrogens with zero attached hydrogens (tertiary/aromatic N) is 2. The van der Waals surface area contributed by atoms with Crippen molar-refractivity contribution in [2.45, 2.75) is 0 Å². The second-order valence-electron chi connectivity index (χ2n) is 4.98. The van der Waals surface area contributed by atoms with Crippen LogP contribution >= 0.6 is 0 Å². The molecule has 0 fully saturated rings. The van der Waals surface area contributed by atoms with Crippen LogP contribution in [-0.2, 0) is 0 Å². The van der Waals surface area contributed by atoms with Gasteiger partial charge in [0.25, 0.3) is 0 Å². The molecule has 3 aromatic carbocycles. The van der Waals surface area contributed by atoms with Gasteiger partial charge in [-0.15, -0.1) is 5.10 Å². The molecule has 0 aliphatic heterocycles. The van der Waals surface area contributed by atoms with Gasteiger partial charge in [0.1, 0.15) is 11.5 Å². The highest BCUT2D eigenvalue weighted by Gasteiger charge is 2.05. The Bertz CT molecular complexity index is 783. The Balaban J connectivity index is 1.95. The van der Waals surface area contributed by atoms with Gasteiger partial charge < -0.3 is 0 Å². The van der Waals surface area contributed by atoms with Gasteiger partial charge in [0.15, 0.2) is 0 Å². The van der Waals surface area contributed by atoms with Crippen molar-refractivity contribution in [3.63, 3.8) is 0 Å². The monoisotopic (exact) mass is 302 g/mol. The standard InChI is InChI=1S/C20H15FN2/c21-19-13-7-8-16(14-19)15-22-23-20(17-9-3-1-4-10-17)18-11-5-2-6-12-18/h1-15H/b22-15+. The molecule has 112 valence electrons. The molecule has 0 bridgehead atoms. The molecule has 0 saturated carbocycles. The van der Waals surface area contributed by atoms with Crippen molar-refractivity contribution >= 4 is 11.9 Å². The summed E-state index contributed by atoms with van der Waals surface area (Å²) in [6.07, 6.45) is 1.55. The van der Waals surface area contributed by atoms with Gasteiger partial charge in [0.2, 0.25) is 0 Å². The van der Waals surface area contributed by atoms with Gasteiger partial charge in [-0.05, 0) is 17.7 Å². The molecule has 0 atom stereocenters. The number of hydrogen-bond acceptors (Lipinski definition) is 2. The third-order valence-corrected chi connectivity index (χ3v) is 3.31. The van der Waals surface area contributed by atoms with Crippen molar-refractivity contribution in [1.82, 2.24) is 0 Å². The molecule has 0 spiro atoms. The van der Waals surface area contributed by atoms with Crippen molar-refractivity contribution in [2.75, 3.05) is 0 Å². The van der Waals surface area contributed by atoms with E-state index in [0.717, 1.165) is 16.8 Å². The van der Waals surface area contributed by atoms with Crippen LogP contribution in [-0.4, -0.2) is 11.9 Å². The predicted octanol–water partition coefficient (Wildman–Crippen LogP) is 4.70. The van der Waals surface area contributed by atoms with Gasteiger partial charge in [-0.2, -0.15) is 5.10 Å². The van der Waals surface area contributed by atoms with Crippen LogP contribution in [0.3, 0.4) is 0 Å². The lowest BCUT2D eigenvalue weighted by Gasteiger charge is -2.05. The van der Waals surface area contributed by atoms with E-state index in [1.165, 1.54) is 12.1 Å². The summed E-state index contributed by atoms with van der Waals surface area (Å²) in [5.41, 5.74) is 3.42. The summed E-state index contributed by atoms with van der Waals surface area (Å²) in [7, 11) is 0. The smallest absolute Gasteiger partial charge is 0.123 e. The van der Waals surface area contributed by atoms with E-state index in [4.69, 9.17) is 0 Å². The number of benzene rings is 3. The molecule has 0 heterocycles. The first-order valence-electron chi connectivity index (χ1n) is 7.30. The second-order valence-corrected chi connectivity index (χ2v) is 4.98. The van der Waals surface area contributed by atoms with Crippen LogP contribution in [0.15, 0.2) is 95.1 Å². The molecule has 0 unspecified atom stereocenters. The van der Waals surface area contributed by atoms with Crippen molar-refractivity contribution < 1.29 is 4.39 Å². The Morgan fingerprint density at radius 2 is 1.35 bits per heavy atom. The van der Waals surface area contributed by atoms with Crippen LogP contribution in [0, 0.1) is 5.82 Å². The van der Waals surface area contributed by atoms with Crippen LogP contribution in [0.2, 0.25) is 0 Å². The molecule has 0 amide bonds. The molecule has 0 N–H and O–H groups in total. The Labute approximate surface area is 134 Å². The summed E-state index contributed by atoms with van der Waals surface area (Å²) < 4.78 is 13.2. The van der Waals surface area contributed by atoms with Crippen LogP contribution < -0.4 is 0 Å². The average Bonchev–Trinajstić information content (AvgIpc) is 2.60. The zero-order valence-electron chi connectivity index (χ0n) is 12.4. The van der Waals surface area contributed by atoms with Crippen LogP contribution in [0.1, 0.15) is 16.7 Å². The number of hydrogen-bond donors (Lipinski definition) is 0. The third kappa shape index (κ3) is 3.98. The minimum absolute atomic E-state index is 0.288. The van der Waals surface area contributed by atoms with Crippen molar-refractivity contribution in [3.8, 4) is 0 Å². The van der Waals surface area contributed by atoms with E-state index >= 15 is 0 Å². The van der Waals surface area contributed by atoms with Crippen LogP contribution in [0.5, 0.6) is 0 Å². The van der Waals surface area contributed by atoms with Crippen molar-refractivity contribution in [2.24, 2.45) is 10.2 Å². The summed E-state index contributed by atoms with van der Waals surface area (Å²) >= 11 is 0. The van der Waals surface area contributed by atoms with E-state index in [2.05, 4.69) is 10.2 Å². The highest BCUT2D eigenvalue weighted by atomic mass is 19.1. The summed E-state index contributed by atoms with van der Waals surface area (Å²) in [5.74, 6) is -0.288. The highest BCUT2D eigenvalue weighted by Crippen LogP contribution is 2.11. The Kier molecular flexibility index (Phi) is 4.69. The van der Waals surface area contributed by atoms with Gasteiger partial charge in [-0.1, -0.05) is 72.8 Å². The average molecular weight is 302 g/mol. The fourth-order valence-corrected chi connectivity index (χ4v) is 2.21. The Morgan fingerprint density at radius 3 is 1.91 bits per heavy atom. The predicted molar refractivity (Wildman–Crippen MR) is 92.5 cm³/mol. The van der Waals surface area contributed by atoms with Crippen molar-refractivity contribution in [3.05, 3.63) is 107 Å². The van der Waals surface area contributed by atoms with E-state index in [1.807, 2.05) is 60.7 Å². The van der Waals surface area contributed by atoms with E-state index in [0.29, 0.717) is 5.56 Å². The topological polar surface area (TPSA) is 24.7 Å². The molecule has 2 nitrogen and oxygen atoms in total. The molecule has 23 heavy (non-hydrogen) atoms. The molecule has 3 rings (SSSR count). The lowest BCUT2D eigenvalue weighted by Crippen LogP contribution is -2.02. The van der Waals surface area contributed by atoms with Gasteiger partial charge >= 0.3 is 0 Å². The minimum atomic E-state index is -0.288. The molecule has 0 aliphatic carbocycles. The molecule has 0 radical (unpaired) electrons. The molecule has 3 heteroatoms. The number of halogens is 1. The Hall–Kier alpha value is -3.07. The SMILES string of the molecule is Fc1cccc(/C=N/N=C(c2ccccc2)c2ccccc2)c1. The molecular formula is C20H15FN2. The summed E-state index contributed by atoms with van der Waals surface area (Å²) in [4.78, 5) is 0. The fraction of sp³-hybridized carbons (Fsp3) is 0. The molecule has 0 saturated heterocycles. The minimum Gasteiger partial charge on any atom is -0.207 e. The van der Waals surface area contributed by atoms with Gasteiger partial charge in [-0.3, -0.25) is 0 Å². The maximum atomic E-state index is 13.2. The van der Waals surface area contributed by atoms with E-state index < -0.39 is 0 Å². The first-order chi connectivity index (χ1) is 11.3. The lowest BCUT2D eigenvalue weighted by molar-refractivity contribution is 0.627. The molecular weight excluding hydrogens is 287 g/mol. The summed E-state index contributed by atoms with van der Waals surface area (Å²) in [5, 5.41) is 8.48. The maximum absolute atomic E-state index is 13.2. The normalized spacial score (nSPS) is 10.7. The van der Waals surface area contributed by atoms with E-state index in [-0.39, 0.29) is 5.82 Å². The highest BCUT2D eigenvalue weighted by molar-refractivity contribution is 6.12. The Morgan fingerprint density at radius 1 is 0.739 bits per heavy atom. The maximum Gasteiger partial charge on any atom is 0.123 e. The summed E-state index contributed by atoms with van der Waals surface area (Å²) in [6, 6.07) is 26.0. The third-order valence-electron chi connectivity index (χ3n) is 3.31. The van der Waals surface area contributed by atoms with Gasteiger partial charge in [0, 0.05) is 11.1 Å². The molecule has 0 aliphatic rings. The van der Waals surface area contributed by atoms with Gasteiger partial charge in [0.05, 0.1) is 6.21 Å². The molecule has 0 aromatic heterocycles. The van der Waals surface area contributed by atoms with Crippen LogP contribution in [0.4, 0.5) is 4.39 Å². The number of rotatable bonds is 4. The lowest BCUT2D eigenvalue weighted by atomic mass is 10.0. The quantitative estimate of drug-likeness (QED) is 0.493. The zero-order valence-corrected chi connectivity index (χ0v) is 12.4. The van der Waals surface area contributed by atoms with Crippen LogP contribution in [0.25, 0.3) is 0 Å². The molecule has 3 aromatic rings. The second kappa shape index (κ2) is 7.27. The van der Waals surface area contributed by atoms with Gasteiger partial charge in [-0.25, -0.2) is 4.39 Å². The first-order valence-corrected chi connectivity index (χ1v) is 7.30. The summed E-state index contributed by atoms with van der Waals surface area (Å²) in [6.45, 7) is 0. The largest absolute Gasteiger partial charge is 0.207 e. The van der Waals surface area contributed by atoms with E-state index in [9.17, 15) is 4.39 Å². The van der Waals surface area contributed by atoms with E-state index in [1.54, 1.807) is 18.3 Å².